The maximum atomic E-state index is 5.79. The third-order valence-electron chi connectivity index (χ3n) is 3.68. The van der Waals surface area contributed by atoms with Crippen molar-refractivity contribution < 1.29 is 4.52 Å². The Balaban J connectivity index is 1.66. The van der Waals surface area contributed by atoms with Crippen LogP contribution in [0.15, 0.2) is 65.3 Å². The van der Waals surface area contributed by atoms with Gasteiger partial charge in [0, 0.05) is 11.8 Å². The van der Waals surface area contributed by atoms with E-state index < -0.39 is 0 Å². The van der Waals surface area contributed by atoms with Crippen LogP contribution in [0.3, 0.4) is 0 Å². The zero-order valence-corrected chi connectivity index (χ0v) is 12.9. The van der Waals surface area contributed by atoms with Crippen LogP contribution in [0, 0.1) is 0 Å². The van der Waals surface area contributed by atoms with Gasteiger partial charge in [-0.15, -0.1) is 0 Å². The summed E-state index contributed by atoms with van der Waals surface area (Å²) in [5.74, 6) is 1.09. The molecule has 0 aliphatic carbocycles. The predicted octanol–water partition coefficient (Wildman–Crippen LogP) is 4.53. The van der Waals surface area contributed by atoms with Crippen LogP contribution in [0.2, 0.25) is 5.15 Å². The Labute approximate surface area is 137 Å². The first-order valence-corrected chi connectivity index (χ1v) is 7.58. The van der Waals surface area contributed by atoms with Crippen LogP contribution in [-0.4, -0.2) is 15.1 Å². The summed E-state index contributed by atoms with van der Waals surface area (Å²) in [4.78, 5) is 8.48. The molecule has 5 heteroatoms. The Morgan fingerprint density at radius 1 is 0.957 bits per heavy atom. The van der Waals surface area contributed by atoms with Gasteiger partial charge >= 0.3 is 0 Å². The molecular formula is C18H12ClN3O. The van der Waals surface area contributed by atoms with Crippen LogP contribution in [0.4, 0.5) is 0 Å². The zero-order chi connectivity index (χ0) is 15.6. The van der Waals surface area contributed by atoms with Gasteiger partial charge in [-0.25, -0.2) is 4.98 Å². The van der Waals surface area contributed by atoms with Crippen molar-refractivity contribution in [3.8, 4) is 11.4 Å². The number of pyridine rings is 1. The minimum Gasteiger partial charge on any atom is -0.339 e. The number of fused-ring (bicyclic) bond motifs is 1. The molecule has 0 aliphatic rings. The first kappa shape index (κ1) is 13.9. The van der Waals surface area contributed by atoms with Crippen molar-refractivity contribution in [2.24, 2.45) is 0 Å². The molecule has 0 saturated carbocycles. The lowest BCUT2D eigenvalue weighted by atomic mass is 10.0. The maximum Gasteiger partial charge on any atom is 0.231 e. The van der Waals surface area contributed by atoms with Crippen molar-refractivity contribution in [3.63, 3.8) is 0 Å². The van der Waals surface area contributed by atoms with Gasteiger partial charge in [0.1, 0.15) is 5.15 Å². The van der Waals surface area contributed by atoms with Crippen molar-refractivity contribution in [1.82, 2.24) is 15.1 Å². The normalized spacial score (nSPS) is 11.0. The largest absolute Gasteiger partial charge is 0.339 e. The van der Waals surface area contributed by atoms with Gasteiger partial charge in [0.05, 0.1) is 6.42 Å². The number of halogens is 1. The van der Waals surface area contributed by atoms with Crippen molar-refractivity contribution >= 4 is 22.4 Å². The second-order valence-electron chi connectivity index (χ2n) is 5.20. The fourth-order valence-corrected chi connectivity index (χ4v) is 2.67. The summed E-state index contributed by atoms with van der Waals surface area (Å²) in [6.45, 7) is 0. The van der Waals surface area contributed by atoms with Crippen LogP contribution < -0.4 is 0 Å². The van der Waals surface area contributed by atoms with Gasteiger partial charge in [-0.2, -0.15) is 4.98 Å². The minimum absolute atomic E-state index is 0.438. The summed E-state index contributed by atoms with van der Waals surface area (Å²) < 4.78 is 5.38. The second kappa shape index (κ2) is 5.82. The highest BCUT2D eigenvalue weighted by atomic mass is 35.5. The van der Waals surface area contributed by atoms with Gasteiger partial charge in [0.2, 0.25) is 11.7 Å². The van der Waals surface area contributed by atoms with E-state index in [1.165, 1.54) is 10.8 Å². The molecular weight excluding hydrogens is 310 g/mol. The maximum absolute atomic E-state index is 5.79. The molecule has 0 saturated heterocycles. The third-order valence-corrected chi connectivity index (χ3v) is 3.90. The molecule has 4 rings (SSSR count). The Morgan fingerprint density at radius 3 is 2.70 bits per heavy atom. The summed E-state index contributed by atoms with van der Waals surface area (Å²) in [7, 11) is 0. The molecule has 2 aromatic carbocycles. The van der Waals surface area contributed by atoms with E-state index in [9.17, 15) is 0 Å². The minimum atomic E-state index is 0.438. The first-order chi connectivity index (χ1) is 11.3. The molecule has 2 heterocycles. The molecule has 2 aromatic heterocycles. The molecule has 23 heavy (non-hydrogen) atoms. The van der Waals surface area contributed by atoms with Crippen LogP contribution in [-0.2, 0) is 6.42 Å². The van der Waals surface area contributed by atoms with Crippen LogP contribution in [0.5, 0.6) is 0 Å². The lowest BCUT2D eigenvalue weighted by Crippen LogP contribution is -1.90. The number of nitrogens with zero attached hydrogens (tertiary/aromatic N) is 3. The van der Waals surface area contributed by atoms with Crippen LogP contribution in [0.1, 0.15) is 11.5 Å². The topological polar surface area (TPSA) is 51.8 Å². The molecule has 0 spiro atoms. The van der Waals surface area contributed by atoms with Crippen LogP contribution in [0.25, 0.3) is 22.2 Å². The van der Waals surface area contributed by atoms with E-state index >= 15 is 0 Å². The van der Waals surface area contributed by atoms with Gasteiger partial charge in [-0.1, -0.05) is 59.2 Å². The highest BCUT2D eigenvalue weighted by Crippen LogP contribution is 2.22. The highest BCUT2D eigenvalue weighted by Gasteiger charge is 2.11. The molecule has 0 fully saturated rings. The number of benzene rings is 2. The summed E-state index contributed by atoms with van der Waals surface area (Å²) in [5.41, 5.74) is 1.94. The van der Waals surface area contributed by atoms with E-state index in [0.29, 0.717) is 23.3 Å². The molecule has 0 amide bonds. The Kier molecular flexibility index (Phi) is 3.52. The molecule has 4 aromatic rings. The first-order valence-electron chi connectivity index (χ1n) is 7.21. The van der Waals surface area contributed by atoms with Gasteiger partial charge in [-0.3, -0.25) is 0 Å². The standard InChI is InChI=1S/C18H12ClN3O/c19-16-9-8-14(11-20-16)18-21-17(23-22-18)10-13-6-3-5-12-4-1-2-7-15(12)13/h1-9,11H,10H2. The summed E-state index contributed by atoms with van der Waals surface area (Å²) in [5, 5.41) is 6.86. The van der Waals surface area contributed by atoms with Crippen molar-refractivity contribution in [1.29, 1.82) is 0 Å². The fraction of sp³-hybridized carbons (Fsp3) is 0.0556. The van der Waals surface area contributed by atoms with Crippen LogP contribution >= 0.6 is 11.6 Å². The zero-order valence-electron chi connectivity index (χ0n) is 12.1. The lowest BCUT2D eigenvalue weighted by Gasteiger charge is -2.03. The molecule has 0 radical (unpaired) electrons. The average Bonchev–Trinajstić information content (AvgIpc) is 3.04. The molecule has 0 bridgehead atoms. The van der Waals surface area contributed by atoms with Gasteiger partial charge in [0.25, 0.3) is 0 Å². The van der Waals surface area contributed by atoms with E-state index in [2.05, 4.69) is 39.4 Å². The Bertz CT molecular complexity index is 958. The SMILES string of the molecule is Clc1ccc(-c2noc(Cc3cccc4ccccc34)n2)cn1. The Hall–Kier alpha value is -2.72. The summed E-state index contributed by atoms with van der Waals surface area (Å²) >= 11 is 5.79. The molecule has 0 aliphatic heterocycles. The number of rotatable bonds is 3. The smallest absolute Gasteiger partial charge is 0.231 e. The van der Waals surface area contributed by atoms with Gasteiger partial charge in [0.15, 0.2) is 0 Å². The van der Waals surface area contributed by atoms with E-state index in [-0.39, 0.29) is 0 Å². The second-order valence-corrected chi connectivity index (χ2v) is 5.58. The fourth-order valence-electron chi connectivity index (χ4n) is 2.56. The van der Waals surface area contributed by atoms with E-state index in [1.54, 1.807) is 12.3 Å². The number of hydrogen-bond donors (Lipinski definition) is 0. The summed E-state index contributed by atoms with van der Waals surface area (Å²) in [6, 6.07) is 18.0. The molecule has 112 valence electrons. The molecule has 0 atom stereocenters. The van der Waals surface area contributed by atoms with Crippen molar-refractivity contribution in [2.45, 2.75) is 6.42 Å². The lowest BCUT2D eigenvalue weighted by molar-refractivity contribution is 0.386. The van der Waals surface area contributed by atoms with Gasteiger partial charge in [-0.05, 0) is 28.5 Å². The number of hydrogen-bond acceptors (Lipinski definition) is 4. The van der Waals surface area contributed by atoms with Gasteiger partial charge < -0.3 is 4.52 Å². The van der Waals surface area contributed by atoms with E-state index in [0.717, 1.165) is 11.1 Å². The molecule has 0 unspecified atom stereocenters. The predicted molar refractivity (Wildman–Crippen MR) is 89.3 cm³/mol. The quantitative estimate of drug-likeness (QED) is 0.520. The Morgan fingerprint density at radius 2 is 1.83 bits per heavy atom. The molecule has 0 N–H and O–H groups in total. The summed E-state index contributed by atoms with van der Waals surface area (Å²) in [6.07, 6.45) is 2.23. The van der Waals surface area contributed by atoms with E-state index in [1.807, 2.05) is 24.3 Å². The average molecular weight is 322 g/mol. The van der Waals surface area contributed by atoms with Crippen molar-refractivity contribution in [3.05, 3.63) is 77.4 Å². The number of aromatic nitrogens is 3. The third kappa shape index (κ3) is 2.81. The highest BCUT2D eigenvalue weighted by molar-refractivity contribution is 6.29. The van der Waals surface area contributed by atoms with Crippen molar-refractivity contribution in [2.75, 3.05) is 0 Å². The molecule has 4 nitrogen and oxygen atoms in total. The monoisotopic (exact) mass is 321 g/mol. The van der Waals surface area contributed by atoms with E-state index in [4.69, 9.17) is 16.1 Å².